The molecule has 22 heavy (non-hydrogen) atoms. The molecule has 0 saturated heterocycles. The number of para-hydroxylation sites is 1. The molecule has 0 spiro atoms. The molecule has 0 unspecified atom stereocenters. The van der Waals surface area contributed by atoms with Gasteiger partial charge in [-0.05, 0) is 17.7 Å². The van der Waals surface area contributed by atoms with Crippen LogP contribution in [0.1, 0.15) is 22.6 Å². The molecule has 0 aromatic heterocycles. The summed E-state index contributed by atoms with van der Waals surface area (Å²) in [6.45, 7) is 0. The first-order chi connectivity index (χ1) is 10.9. The van der Waals surface area contributed by atoms with Crippen molar-refractivity contribution in [1.29, 1.82) is 0 Å². The molecule has 1 atom stereocenters. The lowest BCUT2D eigenvalue weighted by atomic mass is 9.88. The van der Waals surface area contributed by atoms with E-state index in [4.69, 9.17) is 4.74 Å². The molecule has 1 heteroatoms. The van der Waals surface area contributed by atoms with Gasteiger partial charge in [0.05, 0.1) is 0 Å². The molecule has 1 aliphatic heterocycles. The highest BCUT2D eigenvalue weighted by molar-refractivity contribution is 5.68. The Morgan fingerprint density at radius 1 is 0.636 bits per heavy atom. The van der Waals surface area contributed by atoms with E-state index in [1.54, 1.807) is 0 Å². The first-order valence-corrected chi connectivity index (χ1v) is 7.51. The molecular weight excluding hydrogens is 268 g/mol. The number of hydrogen-bond acceptors (Lipinski definition) is 1. The summed E-state index contributed by atoms with van der Waals surface area (Å²) in [4.78, 5) is 0. The third kappa shape index (κ3) is 2.31. The summed E-state index contributed by atoms with van der Waals surface area (Å²) in [5.74, 6) is 2.09. The Balaban J connectivity index is 1.85. The number of ether oxygens (including phenoxy) is 1. The normalized spacial score (nSPS) is 16.4. The third-order valence-electron chi connectivity index (χ3n) is 4.01. The Bertz CT molecular complexity index is 804. The van der Waals surface area contributed by atoms with Gasteiger partial charge in [0.2, 0.25) is 0 Å². The number of allylic oxidation sites excluding steroid dienone is 1. The summed E-state index contributed by atoms with van der Waals surface area (Å²) in [6.07, 6.45) is 2.22. The minimum Gasteiger partial charge on any atom is -0.457 e. The van der Waals surface area contributed by atoms with Gasteiger partial charge in [0.25, 0.3) is 0 Å². The average Bonchev–Trinajstić information content (AvgIpc) is 2.62. The van der Waals surface area contributed by atoms with E-state index in [0.29, 0.717) is 0 Å². The van der Waals surface area contributed by atoms with Crippen LogP contribution in [0.3, 0.4) is 0 Å². The Hall–Kier alpha value is -2.80. The summed E-state index contributed by atoms with van der Waals surface area (Å²) in [7, 11) is 0. The molecule has 4 rings (SSSR count). The third-order valence-corrected chi connectivity index (χ3v) is 4.01. The van der Waals surface area contributed by atoms with Crippen LogP contribution in [-0.4, -0.2) is 0 Å². The first-order valence-electron chi connectivity index (χ1n) is 7.51. The molecule has 1 nitrogen and oxygen atoms in total. The van der Waals surface area contributed by atoms with Crippen LogP contribution in [0.2, 0.25) is 0 Å². The fraction of sp³-hybridized carbons (Fsp3) is 0.0476. The number of rotatable bonds is 2. The summed E-state index contributed by atoms with van der Waals surface area (Å²) in [5.41, 5.74) is 3.61. The molecule has 0 radical (unpaired) electrons. The molecule has 0 bridgehead atoms. The molecule has 106 valence electrons. The summed E-state index contributed by atoms with van der Waals surface area (Å²) in [5, 5.41) is 0. The summed E-state index contributed by atoms with van der Waals surface area (Å²) in [6, 6.07) is 29.1. The predicted octanol–water partition coefficient (Wildman–Crippen LogP) is 5.25. The summed E-state index contributed by atoms with van der Waals surface area (Å²) < 4.78 is 6.13. The zero-order valence-corrected chi connectivity index (χ0v) is 12.1. The van der Waals surface area contributed by atoms with Gasteiger partial charge in [-0.15, -0.1) is 0 Å². The number of benzene rings is 3. The van der Waals surface area contributed by atoms with Crippen LogP contribution in [0.5, 0.6) is 5.75 Å². The molecule has 1 aliphatic rings. The van der Waals surface area contributed by atoms with Gasteiger partial charge in [0.1, 0.15) is 11.5 Å². The number of fused-ring (bicyclic) bond motifs is 1. The smallest absolute Gasteiger partial charge is 0.131 e. The fourth-order valence-corrected chi connectivity index (χ4v) is 2.92. The maximum Gasteiger partial charge on any atom is 0.131 e. The van der Waals surface area contributed by atoms with E-state index in [0.717, 1.165) is 17.1 Å². The van der Waals surface area contributed by atoms with Gasteiger partial charge in [0, 0.05) is 17.0 Å². The van der Waals surface area contributed by atoms with Crippen molar-refractivity contribution in [2.45, 2.75) is 5.92 Å². The predicted molar refractivity (Wildman–Crippen MR) is 89.8 cm³/mol. The Kier molecular flexibility index (Phi) is 3.24. The minimum absolute atomic E-state index is 0.223. The van der Waals surface area contributed by atoms with E-state index in [2.05, 4.69) is 60.7 Å². The lowest BCUT2D eigenvalue weighted by molar-refractivity contribution is 0.492. The molecule has 0 aliphatic carbocycles. The second-order valence-electron chi connectivity index (χ2n) is 5.43. The first kappa shape index (κ1) is 12.9. The van der Waals surface area contributed by atoms with Crippen molar-refractivity contribution in [3.8, 4) is 5.75 Å². The van der Waals surface area contributed by atoms with Gasteiger partial charge in [-0.2, -0.15) is 0 Å². The van der Waals surface area contributed by atoms with Gasteiger partial charge in [0.15, 0.2) is 0 Å². The van der Waals surface area contributed by atoms with Crippen LogP contribution in [0.25, 0.3) is 5.76 Å². The molecule has 3 aromatic carbocycles. The zero-order valence-electron chi connectivity index (χ0n) is 12.1. The van der Waals surface area contributed by atoms with Crippen LogP contribution in [0.4, 0.5) is 0 Å². The van der Waals surface area contributed by atoms with E-state index in [9.17, 15) is 0 Å². The average molecular weight is 284 g/mol. The highest BCUT2D eigenvalue weighted by Gasteiger charge is 2.23. The minimum atomic E-state index is 0.223. The van der Waals surface area contributed by atoms with Gasteiger partial charge in [-0.3, -0.25) is 0 Å². The van der Waals surface area contributed by atoms with Gasteiger partial charge in [-0.25, -0.2) is 0 Å². The van der Waals surface area contributed by atoms with Crippen LogP contribution in [-0.2, 0) is 0 Å². The molecule has 3 aromatic rings. The van der Waals surface area contributed by atoms with Crippen LogP contribution < -0.4 is 4.74 Å². The van der Waals surface area contributed by atoms with Crippen molar-refractivity contribution in [1.82, 2.24) is 0 Å². The Morgan fingerprint density at radius 2 is 1.27 bits per heavy atom. The van der Waals surface area contributed by atoms with Crippen molar-refractivity contribution < 1.29 is 4.74 Å². The Morgan fingerprint density at radius 3 is 2.05 bits per heavy atom. The van der Waals surface area contributed by atoms with Crippen LogP contribution in [0, 0.1) is 0 Å². The quantitative estimate of drug-likeness (QED) is 0.624. The highest BCUT2D eigenvalue weighted by Crippen LogP contribution is 2.40. The largest absolute Gasteiger partial charge is 0.457 e. The summed E-state index contributed by atoms with van der Waals surface area (Å²) >= 11 is 0. The van der Waals surface area contributed by atoms with E-state index in [1.807, 2.05) is 30.3 Å². The molecule has 0 amide bonds. The van der Waals surface area contributed by atoms with Crippen molar-refractivity contribution in [2.75, 3.05) is 0 Å². The van der Waals surface area contributed by atoms with Crippen molar-refractivity contribution in [2.24, 2.45) is 0 Å². The lowest BCUT2D eigenvalue weighted by Crippen LogP contribution is -2.10. The molecule has 0 saturated carbocycles. The van der Waals surface area contributed by atoms with Gasteiger partial charge < -0.3 is 4.74 Å². The van der Waals surface area contributed by atoms with E-state index in [-0.39, 0.29) is 5.92 Å². The van der Waals surface area contributed by atoms with E-state index < -0.39 is 0 Å². The van der Waals surface area contributed by atoms with Crippen molar-refractivity contribution in [3.05, 3.63) is 108 Å². The number of hydrogen-bond donors (Lipinski definition) is 0. The Labute approximate surface area is 130 Å². The molecule has 1 heterocycles. The fourth-order valence-electron chi connectivity index (χ4n) is 2.92. The lowest BCUT2D eigenvalue weighted by Gasteiger charge is -2.25. The molecule has 0 N–H and O–H groups in total. The molecular formula is C21H16O. The van der Waals surface area contributed by atoms with Crippen LogP contribution >= 0.6 is 0 Å². The SMILES string of the molecule is C1=C(c2ccccc2)Oc2ccccc2[C@H]1c1ccccc1. The second kappa shape index (κ2) is 5.53. The zero-order chi connectivity index (χ0) is 14.8. The monoisotopic (exact) mass is 284 g/mol. The standard InChI is InChI=1S/C21H16O/c1-3-9-16(10-4-1)19-15-21(17-11-5-2-6-12-17)22-20-14-8-7-13-18(19)20/h1-15,19H/t19-/m1/s1. The van der Waals surface area contributed by atoms with Gasteiger partial charge in [-0.1, -0.05) is 78.9 Å². The van der Waals surface area contributed by atoms with E-state index >= 15 is 0 Å². The van der Waals surface area contributed by atoms with Crippen molar-refractivity contribution >= 4 is 5.76 Å². The van der Waals surface area contributed by atoms with Crippen LogP contribution in [0.15, 0.2) is 91.0 Å². The van der Waals surface area contributed by atoms with E-state index in [1.165, 1.54) is 11.1 Å². The maximum absolute atomic E-state index is 6.13. The van der Waals surface area contributed by atoms with Crippen molar-refractivity contribution in [3.63, 3.8) is 0 Å². The van der Waals surface area contributed by atoms with Gasteiger partial charge >= 0.3 is 0 Å². The topological polar surface area (TPSA) is 9.23 Å². The second-order valence-corrected chi connectivity index (χ2v) is 5.43. The highest BCUT2D eigenvalue weighted by atomic mass is 16.5. The maximum atomic E-state index is 6.13. The molecule has 0 fully saturated rings.